The summed E-state index contributed by atoms with van der Waals surface area (Å²) in [5, 5.41) is 6.82. The molecule has 0 N–H and O–H groups in total. The molecule has 0 radical (unpaired) electrons. The number of rotatable bonds is 3. The molecule has 0 spiro atoms. The van der Waals surface area contributed by atoms with E-state index < -0.39 is 9.84 Å². The van der Waals surface area contributed by atoms with Crippen LogP contribution in [0.25, 0.3) is 0 Å². The van der Waals surface area contributed by atoms with E-state index >= 15 is 0 Å². The molecule has 1 saturated heterocycles. The Hall–Kier alpha value is -1.03. The van der Waals surface area contributed by atoms with Gasteiger partial charge in [0.2, 0.25) is 0 Å². The molecule has 4 rings (SSSR count). The maximum absolute atomic E-state index is 11.7. The number of sulfone groups is 1. The van der Waals surface area contributed by atoms with E-state index in [2.05, 4.69) is 21.4 Å². The largest absolute Gasteiger partial charge is 0.307 e. The quantitative estimate of drug-likeness (QED) is 0.757. The predicted molar refractivity (Wildman–Crippen MR) is 96.5 cm³/mol. The summed E-state index contributed by atoms with van der Waals surface area (Å²) in [6.07, 6.45) is 1.71. The zero-order chi connectivity index (χ0) is 16.9. The van der Waals surface area contributed by atoms with Crippen LogP contribution in [0.1, 0.15) is 28.6 Å². The molecule has 0 aromatic carbocycles. The van der Waals surface area contributed by atoms with Crippen molar-refractivity contribution >= 4 is 33.4 Å². The Balaban J connectivity index is 1.55. The van der Waals surface area contributed by atoms with Gasteiger partial charge in [0.25, 0.3) is 0 Å². The lowest BCUT2D eigenvalue weighted by molar-refractivity contribution is 0.189. The highest BCUT2D eigenvalue weighted by Gasteiger charge is 2.32. The van der Waals surface area contributed by atoms with E-state index in [9.17, 15) is 8.42 Å². The summed E-state index contributed by atoms with van der Waals surface area (Å²) in [6.45, 7) is 2.57. The minimum atomic E-state index is -2.92. The minimum Gasteiger partial charge on any atom is -0.307 e. The summed E-state index contributed by atoms with van der Waals surface area (Å²) in [5.74, 6) is 1.21. The van der Waals surface area contributed by atoms with Gasteiger partial charge in [0, 0.05) is 30.9 Å². The summed E-state index contributed by atoms with van der Waals surface area (Å²) >= 11 is 7.36. The monoisotopic (exact) mass is 384 g/mol. The second-order valence-corrected chi connectivity index (χ2v) is 10.2. The standard InChI is InChI=1S/C15H20N4O2S3/c1-17-14(12-4-7-24(20,21)9-12)16-19(15(17)22)10-18-5-2-13-11(8-18)3-6-23-13/h3,6,12H,2,4-5,7-10H2,1H3. The molecule has 4 heterocycles. The molecule has 1 fully saturated rings. The van der Waals surface area contributed by atoms with Gasteiger partial charge in [0.15, 0.2) is 14.6 Å². The fourth-order valence-electron chi connectivity index (χ4n) is 3.57. The molecule has 0 aliphatic carbocycles. The normalized spacial score (nSPS) is 23.5. The topological polar surface area (TPSA) is 60.1 Å². The van der Waals surface area contributed by atoms with E-state index in [-0.39, 0.29) is 17.4 Å². The third-order valence-corrected chi connectivity index (χ3v) is 8.17. The van der Waals surface area contributed by atoms with Crippen LogP contribution in [0.4, 0.5) is 0 Å². The van der Waals surface area contributed by atoms with E-state index in [4.69, 9.17) is 12.2 Å². The van der Waals surface area contributed by atoms with Gasteiger partial charge >= 0.3 is 0 Å². The van der Waals surface area contributed by atoms with Crippen LogP contribution in [-0.4, -0.2) is 45.7 Å². The SMILES string of the molecule is Cn1c(C2CCS(=O)(=O)C2)nn(CN2CCc3sccc3C2)c1=S. The smallest absolute Gasteiger partial charge is 0.198 e. The van der Waals surface area contributed by atoms with Crippen molar-refractivity contribution < 1.29 is 8.42 Å². The molecule has 24 heavy (non-hydrogen) atoms. The number of nitrogens with zero attached hydrogens (tertiary/aromatic N) is 4. The molecular weight excluding hydrogens is 364 g/mol. The van der Waals surface area contributed by atoms with Crippen molar-refractivity contribution in [3.05, 3.63) is 32.5 Å². The third-order valence-electron chi connectivity index (χ3n) is 4.89. The average Bonchev–Trinajstić information content (AvgIpc) is 3.21. The first-order chi connectivity index (χ1) is 11.4. The Kier molecular flexibility index (Phi) is 4.14. The lowest BCUT2D eigenvalue weighted by Crippen LogP contribution is -2.32. The van der Waals surface area contributed by atoms with E-state index in [0.29, 0.717) is 17.9 Å². The summed E-state index contributed by atoms with van der Waals surface area (Å²) in [6, 6.07) is 2.19. The number of aromatic nitrogens is 3. The molecule has 2 aliphatic heterocycles. The zero-order valence-electron chi connectivity index (χ0n) is 13.5. The average molecular weight is 385 g/mol. The predicted octanol–water partition coefficient (Wildman–Crippen LogP) is 1.93. The Morgan fingerprint density at radius 2 is 2.29 bits per heavy atom. The van der Waals surface area contributed by atoms with Gasteiger partial charge in [-0.2, -0.15) is 5.10 Å². The number of hydrogen-bond acceptors (Lipinski definition) is 6. The Bertz CT molecular complexity index is 925. The summed E-state index contributed by atoms with van der Waals surface area (Å²) in [4.78, 5) is 3.82. The van der Waals surface area contributed by atoms with Crippen LogP contribution < -0.4 is 0 Å². The van der Waals surface area contributed by atoms with Crippen LogP contribution >= 0.6 is 23.6 Å². The summed E-state index contributed by atoms with van der Waals surface area (Å²) in [7, 11) is -1.04. The molecule has 130 valence electrons. The Labute approximate surface area is 150 Å². The molecule has 0 bridgehead atoms. The number of fused-ring (bicyclic) bond motifs is 1. The van der Waals surface area contributed by atoms with Gasteiger partial charge in [-0.15, -0.1) is 11.3 Å². The summed E-state index contributed by atoms with van der Waals surface area (Å²) in [5.41, 5.74) is 1.40. The number of thiophene rings is 1. The highest BCUT2D eigenvalue weighted by atomic mass is 32.2. The first-order valence-corrected chi connectivity index (χ1v) is 11.2. The highest BCUT2D eigenvalue weighted by Crippen LogP contribution is 2.28. The molecule has 2 aromatic heterocycles. The van der Waals surface area contributed by atoms with Gasteiger partial charge in [-0.05, 0) is 42.1 Å². The van der Waals surface area contributed by atoms with Crippen LogP contribution in [0, 0.1) is 4.77 Å². The van der Waals surface area contributed by atoms with Crippen molar-refractivity contribution in [1.29, 1.82) is 0 Å². The number of hydrogen-bond donors (Lipinski definition) is 0. The van der Waals surface area contributed by atoms with Crippen molar-refractivity contribution in [3.8, 4) is 0 Å². The highest BCUT2D eigenvalue weighted by molar-refractivity contribution is 7.91. The van der Waals surface area contributed by atoms with Crippen LogP contribution in [0.5, 0.6) is 0 Å². The van der Waals surface area contributed by atoms with Crippen molar-refractivity contribution in [1.82, 2.24) is 19.2 Å². The second-order valence-electron chi connectivity index (χ2n) is 6.61. The molecule has 2 aliphatic rings. The lowest BCUT2D eigenvalue weighted by Gasteiger charge is -2.26. The zero-order valence-corrected chi connectivity index (χ0v) is 16.0. The van der Waals surface area contributed by atoms with E-state index in [1.165, 1.54) is 10.4 Å². The molecule has 1 atom stereocenters. The Morgan fingerprint density at radius 3 is 3.04 bits per heavy atom. The maximum atomic E-state index is 11.7. The van der Waals surface area contributed by atoms with Crippen LogP contribution in [0.15, 0.2) is 11.4 Å². The van der Waals surface area contributed by atoms with Crippen LogP contribution in [0.3, 0.4) is 0 Å². The van der Waals surface area contributed by atoms with E-state index in [1.807, 2.05) is 27.6 Å². The molecule has 0 saturated carbocycles. The second kappa shape index (κ2) is 6.05. The molecule has 1 unspecified atom stereocenters. The van der Waals surface area contributed by atoms with Gasteiger partial charge in [0.1, 0.15) is 5.82 Å². The van der Waals surface area contributed by atoms with Gasteiger partial charge in [-0.25, -0.2) is 13.1 Å². The molecule has 9 heteroatoms. The van der Waals surface area contributed by atoms with Gasteiger partial charge in [-0.3, -0.25) is 4.90 Å². The fraction of sp³-hybridized carbons (Fsp3) is 0.600. The van der Waals surface area contributed by atoms with Crippen molar-refractivity contribution in [2.75, 3.05) is 18.1 Å². The maximum Gasteiger partial charge on any atom is 0.198 e. The summed E-state index contributed by atoms with van der Waals surface area (Å²) < 4.78 is 27.9. The van der Waals surface area contributed by atoms with E-state index in [0.717, 1.165) is 25.3 Å². The van der Waals surface area contributed by atoms with Crippen molar-refractivity contribution in [3.63, 3.8) is 0 Å². The fourth-order valence-corrected chi connectivity index (χ4v) is 6.39. The van der Waals surface area contributed by atoms with Gasteiger partial charge < -0.3 is 4.57 Å². The third kappa shape index (κ3) is 2.98. The molecule has 0 amide bonds. The van der Waals surface area contributed by atoms with Gasteiger partial charge in [0.05, 0.1) is 18.2 Å². The first kappa shape index (κ1) is 16.4. The van der Waals surface area contributed by atoms with Crippen LogP contribution in [0.2, 0.25) is 0 Å². The molecule has 2 aromatic rings. The van der Waals surface area contributed by atoms with Gasteiger partial charge in [-0.1, -0.05) is 0 Å². The minimum absolute atomic E-state index is 0.0345. The van der Waals surface area contributed by atoms with E-state index in [1.54, 1.807) is 0 Å². The van der Waals surface area contributed by atoms with Crippen molar-refractivity contribution in [2.45, 2.75) is 32.0 Å². The van der Waals surface area contributed by atoms with Crippen molar-refractivity contribution in [2.24, 2.45) is 7.05 Å². The first-order valence-electron chi connectivity index (χ1n) is 8.05. The molecule has 6 nitrogen and oxygen atoms in total. The Morgan fingerprint density at radius 1 is 1.46 bits per heavy atom. The molecular formula is C15H20N4O2S3. The lowest BCUT2D eigenvalue weighted by atomic mass is 10.1. The van der Waals surface area contributed by atoms with Crippen LogP contribution in [-0.2, 0) is 36.5 Å².